The molecule has 0 unspecified atom stereocenters. The molecule has 0 aliphatic heterocycles. The second kappa shape index (κ2) is 8.37. The molecule has 0 saturated carbocycles. The van der Waals surface area contributed by atoms with Crippen LogP contribution in [0.3, 0.4) is 0 Å². The number of hydrogen-bond acceptors (Lipinski definition) is 1. The maximum atomic E-state index is 4.82. The molecule has 0 N–H and O–H groups in total. The van der Waals surface area contributed by atoms with E-state index in [4.69, 9.17) is 4.98 Å². The Balaban J connectivity index is 0.00000196. The first-order valence-electron chi connectivity index (χ1n) is 8.42. The standard InChI is InChI=1S/C23H18NSi.Ir/c1-4-12-20(13-5-1)25(21-14-6-2-7-15-21,22-16-8-3-9-17-22)23-18-10-11-19-24-23;/h1-16,18-19H;/q-1;. The van der Waals surface area contributed by atoms with Crippen LogP contribution in [0.1, 0.15) is 0 Å². The van der Waals surface area contributed by atoms with Gasteiger partial charge in [0.15, 0.2) is 8.07 Å². The van der Waals surface area contributed by atoms with Gasteiger partial charge in [0.25, 0.3) is 0 Å². The second-order valence-corrected chi connectivity index (χ2v) is 9.68. The average Bonchev–Trinajstić information content (AvgIpc) is 2.72. The van der Waals surface area contributed by atoms with E-state index in [2.05, 4.69) is 91.0 Å². The Hall–Kier alpha value is -2.32. The van der Waals surface area contributed by atoms with Crippen molar-refractivity contribution in [3.05, 3.63) is 115 Å². The number of benzene rings is 3. The number of pyridine rings is 1. The summed E-state index contributed by atoms with van der Waals surface area (Å²) in [4.78, 5) is 4.82. The molecule has 0 atom stereocenters. The Kier molecular flexibility index (Phi) is 5.95. The summed E-state index contributed by atoms with van der Waals surface area (Å²) < 4.78 is 0. The first-order chi connectivity index (χ1) is 12.4. The maximum absolute atomic E-state index is 4.82. The summed E-state index contributed by atoms with van der Waals surface area (Å²) in [5.74, 6) is 0. The SMILES string of the molecule is [Ir].[c-]1ccccc1[Si](c1ccccc1)(c1ccccc1)c1ccccn1. The van der Waals surface area contributed by atoms with Crippen LogP contribution >= 0.6 is 0 Å². The molecular formula is C23H18IrNSi-. The fourth-order valence-corrected chi connectivity index (χ4v) is 7.97. The Morgan fingerprint density at radius 2 is 1.19 bits per heavy atom. The van der Waals surface area contributed by atoms with Gasteiger partial charge in [-0.05, 0) is 22.5 Å². The monoisotopic (exact) mass is 529 g/mol. The van der Waals surface area contributed by atoms with Crippen molar-refractivity contribution in [2.45, 2.75) is 0 Å². The smallest absolute Gasteiger partial charge is 0.177 e. The topological polar surface area (TPSA) is 12.9 Å². The molecule has 0 aliphatic carbocycles. The molecule has 4 rings (SSSR count). The predicted octanol–water partition coefficient (Wildman–Crippen LogP) is 2.26. The molecule has 0 spiro atoms. The van der Waals surface area contributed by atoms with Gasteiger partial charge in [-0.1, -0.05) is 66.7 Å². The van der Waals surface area contributed by atoms with Crippen molar-refractivity contribution in [1.29, 1.82) is 0 Å². The van der Waals surface area contributed by atoms with E-state index in [0.717, 1.165) is 5.32 Å². The molecule has 0 fully saturated rings. The Morgan fingerprint density at radius 1 is 0.615 bits per heavy atom. The van der Waals surface area contributed by atoms with E-state index in [1.807, 2.05) is 24.4 Å². The number of nitrogens with zero attached hydrogens (tertiary/aromatic N) is 1. The van der Waals surface area contributed by atoms with E-state index in [9.17, 15) is 0 Å². The molecular weight excluding hydrogens is 511 g/mol. The van der Waals surface area contributed by atoms with Crippen LogP contribution in [0.2, 0.25) is 0 Å². The van der Waals surface area contributed by atoms with Crippen molar-refractivity contribution in [3.8, 4) is 0 Å². The summed E-state index contributed by atoms with van der Waals surface area (Å²) in [5.41, 5.74) is 0. The van der Waals surface area contributed by atoms with Gasteiger partial charge >= 0.3 is 0 Å². The maximum Gasteiger partial charge on any atom is 0.177 e. The van der Waals surface area contributed by atoms with Crippen LogP contribution in [0, 0.1) is 6.07 Å². The molecule has 129 valence electrons. The molecule has 3 heteroatoms. The van der Waals surface area contributed by atoms with Crippen molar-refractivity contribution in [2.75, 3.05) is 0 Å². The van der Waals surface area contributed by atoms with Gasteiger partial charge in [0.1, 0.15) is 0 Å². The zero-order chi connectivity index (χ0) is 17.0. The number of aromatic nitrogens is 1. The fourth-order valence-electron chi connectivity index (χ4n) is 3.50. The molecule has 3 aromatic carbocycles. The molecule has 1 aromatic heterocycles. The van der Waals surface area contributed by atoms with Crippen molar-refractivity contribution >= 4 is 29.0 Å². The van der Waals surface area contributed by atoms with Gasteiger partial charge in [-0.3, -0.25) is 4.98 Å². The van der Waals surface area contributed by atoms with Gasteiger partial charge in [-0.15, -0.1) is 0 Å². The van der Waals surface area contributed by atoms with Crippen molar-refractivity contribution in [2.24, 2.45) is 0 Å². The largest absolute Gasteiger partial charge is 0.265 e. The quantitative estimate of drug-likeness (QED) is 0.225. The van der Waals surface area contributed by atoms with Crippen LogP contribution in [-0.4, -0.2) is 13.1 Å². The van der Waals surface area contributed by atoms with Gasteiger partial charge in [-0.2, -0.15) is 35.5 Å². The van der Waals surface area contributed by atoms with Crippen LogP contribution in [0.25, 0.3) is 0 Å². The normalized spacial score (nSPS) is 10.8. The summed E-state index contributed by atoms with van der Waals surface area (Å²) in [6, 6.07) is 39.6. The third-order valence-corrected chi connectivity index (χ3v) is 9.16. The zero-order valence-electron chi connectivity index (χ0n) is 14.2. The summed E-state index contributed by atoms with van der Waals surface area (Å²) in [5, 5.41) is 5.01. The summed E-state index contributed by atoms with van der Waals surface area (Å²) in [6.45, 7) is 0. The summed E-state index contributed by atoms with van der Waals surface area (Å²) in [6.07, 6.45) is 1.89. The molecule has 0 aliphatic rings. The molecule has 26 heavy (non-hydrogen) atoms. The van der Waals surface area contributed by atoms with Gasteiger partial charge in [0.05, 0.1) is 0 Å². The van der Waals surface area contributed by atoms with Crippen LogP contribution in [0.15, 0.2) is 109 Å². The van der Waals surface area contributed by atoms with Crippen LogP contribution < -0.4 is 20.9 Å². The van der Waals surface area contributed by atoms with Crippen LogP contribution in [-0.2, 0) is 20.1 Å². The predicted molar refractivity (Wildman–Crippen MR) is 107 cm³/mol. The van der Waals surface area contributed by atoms with Crippen molar-refractivity contribution < 1.29 is 20.1 Å². The Morgan fingerprint density at radius 3 is 1.69 bits per heavy atom. The van der Waals surface area contributed by atoms with Crippen LogP contribution in [0.5, 0.6) is 0 Å². The van der Waals surface area contributed by atoms with E-state index < -0.39 is 8.07 Å². The van der Waals surface area contributed by atoms with E-state index in [-0.39, 0.29) is 20.1 Å². The summed E-state index contributed by atoms with van der Waals surface area (Å²) >= 11 is 0. The Labute approximate surface area is 169 Å². The van der Waals surface area contributed by atoms with E-state index >= 15 is 0 Å². The van der Waals surface area contributed by atoms with E-state index in [1.165, 1.54) is 15.6 Å². The number of hydrogen-bond donors (Lipinski definition) is 0. The molecule has 1 radical (unpaired) electrons. The third kappa shape index (κ3) is 3.22. The average molecular weight is 529 g/mol. The van der Waals surface area contributed by atoms with Gasteiger partial charge in [-0.25, -0.2) is 0 Å². The third-order valence-electron chi connectivity index (χ3n) is 4.58. The van der Waals surface area contributed by atoms with E-state index in [1.54, 1.807) is 0 Å². The van der Waals surface area contributed by atoms with Crippen molar-refractivity contribution in [1.82, 2.24) is 4.98 Å². The minimum Gasteiger partial charge on any atom is -0.265 e. The minimum atomic E-state index is -2.47. The van der Waals surface area contributed by atoms with E-state index in [0.29, 0.717) is 0 Å². The first-order valence-corrected chi connectivity index (χ1v) is 10.4. The molecule has 0 amide bonds. The molecule has 4 aromatic rings. The van der Waals surface area contributed by atoms with Gasteiger partial charge in [0.2, 0.25) is 0 Å². The number of rotatable bonds is 4. The Bertz CT molecular complexity index is 765. The molecule has 0 bridgehead atoms. The second-order valence-electron chi connectivity index (χ2n) is 5.97. The van der Waals surface area contributed by atoms with Crippen LogP contribution in [0.4, 0.5) is 0 Å². The van der Waals surface area contributed by atoms with Gasteiger partial charge < -0.3 is 0 Å². The molecule has 1 nitrogen and oxygen atoms in total. The fraction of sp³-hybridized carbons (Fsp3) is 0. The van der Waals surface area contributed by atoms with Gasteiger partial charge in [0, 0.05) is 31.6 Å². The summed E-state index contributed by atoms with van der Waals surface area (Å²) in [7, 11) is -2.47. The molecule has 1 heterocycles. The van der Waals surface area contributed by atoms with Crippen molar-refractivity contribution in [3.63, 3.8) is 0 Å². The first kappa shape index (κ1) is 18.5. The zero-order valence-corrected chi connectivity index (χ0v) is 17.6. The minimum absolute atomic E-state index is 0. The molecule has 0 saturated heterocycles.